The maximum atomic E-state index is 13.9. The van der Waals surface area contributed by atoms with Crippen LogP contribution in [0.25, 0.3) is 0 Å². The normalized spacial score (nSPS) is 21.8. The first-order valence-electron chi connectivity index (χ1n) is 10.7. The highest BCUT2D eigenvalue weighted by atomic mass is 32.3. The minimum absolute atomic E-state index is 0.0563. The van der Waals surface area contributed by atoms with Crippen LogP contribution in [0.1, 0.15) is 61.5 Å². The molecule has 3 amide bonds. The summed E-state index contributed by atoms with van der Waals surface area (Å²) in [6.45, 7) is 2.72. The second-order valence-corrected chi connectivity index (χ2v) is 12.3. The molecule has 0 bridgehead atoms. The second-order valence-electron chi connectivity index (χ2n) is 9.17. The van der Waals surface area contributed by atoms with E-state index in [0.29, 0.717) is 49.4 Å². The first-order chi connectivity index (χ1) is 16.1. The molecule has 1 fully saturated rings. The molecule has 0 radical (unpaired) electrons. The number of halogens is 3. The number of nitrogens with one attached hydrogen (secondary N) is 3. The Kier molecular flexibility index (Phi) is 6.25. The highest BCUT2D eigenvalue weighted by Crippen LogP contribution is 2.51. The number of nitrogens with zero attached hydrogens (tertiary/aromatic N) is 2. The Morgan fingerprint density at radius 3 is 2.49 bits per heavy atom. The zero-order chi connectivity index (χ0) is 25.9. The monoisotopic (exact) mass is 535 g/mol. The van der Waals surface area contributed by atoms with Gasteiger partial charge < -0.3 is 15.5 Å². The van der Waals surface area contributed by atoms with Gasteiger partial charge in [-0.2, -0.15) is 13.2 Å². The van der Waals surface area contributed by atoms with Crippen molar-refractivity contribution in [1.82, 2.24) is 14.6 Å². The first-order valence-corrected chi connectivity index (χ1v) is 13.2. The number of hydrogen-bond donors (Lipinski definition) is 5. The van der Waals surface area contributed by atoms with Crippen LogP contribution in [-0.4, -0.2) is 47.4 Å². The number of pyridine rings is 1. The zero-order valence-corrected chi connectivity index (χ0v) is 20.4. The molecular formula is C20H24F3N5O5S2. The summed E-state index contributed by atoms with van der Waals surface area (Å²) in [6.07, 6.45) is -2.98. The maximum Gasteiger partial charge on any atom is 0.433 e. The quantitative estimate of drug-likeness (QED) is 0.379. The summed E-state index contributed by atoms with van der Waals surface area (Å²) in [7, 11) is -4.06. The number of carboxylic acid groups (broad SMARTS) is 1. The lowest BCUT2D eigenvalue weighted by atomic mass is 10.00. The van der Waals surface area contributed by atoms with Gasteiger partial charge in [0.25, 0.3) is 0 Å². The van der Waals surface area contributed by atoms with Gasteiger partial charge >= 0.3 is 18.3 Å². The van der Waals surface area contributed by atoms with Gasteiger partial charge in [-0.1, -0.05) is 11.8 Å². The molecule has 0 aromatic carbocycles. The van der Waals surface area contributed by atoms with Crippen molar-refractivity contribution >= 4 is 39.5 Å². The number of aromatic nitrogens is 1. The van der Waals surface area contributed by atoms with Gasteiger partial charge in [0.1, 0.15) is 15.3 Å². The van der Waals surface area contributed by atoms with E-state index in [-0.39, 0.29) is 21.2 Å². The summed E-state index contributed by atoms with van der Waals surface area (Å²) in [4.78, 5) is 29.2. The molecule has 2 aliphatic carbocycles. The van der Waals surface area contributed by atoms with Crippen molar-refractivity contribution in [1.29, 1.82) is 4.78 Å². The van der Waals surface area contributed by atoms with E-state index in [1.807, 2.05) is 0 Å². The van der Waals surface area contributed by atoms with Gasteiger partial charge in [0, 0.05) is 17.5 Å². The summed E-state index contributed by atoms with van der Waals surface area (Å²) < 4.78 is 63.4. The number of anilines is 1. The summed E-state index contributed by atoms with van der Waals surface area (Å²) in [5.74, 6) is -0.392. The molecule has 3 aliphatic rings. The molecule has 35 heavy (non-hydrogen) atoms. The number of carbonyl (C=O) groups is 2. The number of alkyl halides is 3. The molecule has 0 spiro atoms. The Labute approximate surface area is 203 Å². The van der Waals surface area contributed by atoms with Crippen LogP contribution < -0.4 is 10.0 Å². The fourth-order valence-electron chi connectivity index (χ4n) is 4.24. The van der Waals surface area contributed by atoms with Crippen molar-refractivity contribution in [2.75, 3.05) is 5.32 Å². The Morgan fingerprint density at radius 1 is 1.29 bits per heavy atom. The van der Waals surface area contributed by atoms with Crippen molar-refractivity contribution in [3.8, 4) is 0 Å². The lowest BCUT2D eigenvalue weighted by Crippen LogP contribution is -2.47. The van der Waals surface area contributed by atoms with Crippen LogP contribution >= 0.6 is 11.8 Å². The standard InChI is InChI=1S/C20H24F3N5O5S2/c1-19(2,32)16-28(8-12(34-16)35(24,33)27-18(30)31)17(29)26-14-10-4-3-5-11(10)25-15(20(21,22)23)13(14)9-6-7-9/h8-9,16,32H,3-7H2,1-2H3,(H,30,31)(H2,24,27,33)(H,25,26,29). The summed E-state index contributed by atoms with van der Waals surface area (Å²) >= 11 is 0.664. The van der Waals surface area contributed by atoms with Gasteiger partial charge in [0.05, 0.1) is 11.3 Å². The van der Waals surface area contributed by atoms with E-state index < -0.39 is 50.8 Å². The summed E-state index contributed by atoms with van der Waals surface area (Å²) in [5, 5.41) is 21.0. The highest BCUT2D eigenvalue weighted by Gasteiger charge is 2.46. The topological polar surface area (TPSA) is 156 Å². The number of aryl methyl sites for hydroxylation is 1. The molecule has 1 aromatic rings. The highest BCUT2D eigenvalue weighted by molar-refractivity contribution is 8.19. The SMILES string of the molecule is CC(C)(O)C1SC(S(=N)(=O)NC(=O)O)=CN1C(=O)Nc1c2c(nc(C(F)(F)F)c1C1CC1)CCC2. The van der Waals surface area contributed by atoms with Crippen molar-refractivity contribution in [3.05, 3.63) is 33.0 Å². The van der Waals surface area contributed by atoms with Crippen molar-refractivity contribution in [2.45, 2.75) is 69.0 Å². The molecule has 10 nitrogen and oxygen atoms in total. The fourth-order valence-corrected chi connectivity index (χ4v) is 6.74. The number of amides is 3. The van der Waals surface area contributed by atoms with Gasteiger partial charge in [-0.25, -0.2) is 28.3 Å². The predicted octanol–water partition coefficient (Wildman–Crippen LogP) is 4.17. The number of rotatable bonds is 5. The lowest BCUT2D eigenvalue weighted by molar-refractivity contribution is -0.141. The predicted molar refractivity (Wildman–Crippen MR) is 122 cm³/mol. The van der Waals surface area contributed by atoms with Crippen LogP contribution in [-0.2, 0) is 28.9 Å². The fraction of sp³-hybridized carbons (Fsp3) is 0.550. The smallest absolute Gasteiger partial charge is 0.433 e. The first kappa shape index (κ1) is 25.6. The molecule has 2 heterocycles. The van der Waals surface area contributed by atoms with E-state index in [2.05, 4.69) is 10.3 Å². The second kappa shape index (κ2) is 8.55. The van der Waals surface area contributed by atoms with Gasteiger partial charge in [-0.3, -0.25) is 4.90 Å². The Bertz CT molecular complexity index is 1220. The number of carbonyl (C=O) groups excluding carboxylic acids is 1. The maximum absolute atomic E-state index is 13.9. The van der Waals surface area contributed by atoms with E-state index in [1.54, 1.807) is 4.72 Å². The number of urea groups is 1. The van der Waals surface area contributed by atoms with Crippen LogP contribution in [0.5, 0.6) is 0 Å². The van der Waals surface area contributed by atoms with Crippen molar-refractivity contribution in [2.24, 2.45) is 0 Å². The van der Waals surface area contributed by atoms with Crippen LogP contribution in [0, 0.1) is 4.78 Å². The van der Waals surface area contributed by atoms with Gasteiger partial charge in [-0.05, 0) is 57.4 Å². The average molecular weight is 536 g/mol. The molecule has 15 heteroatoms. The van der Waals surface area contributed by atoms with Gasteiger partial charge in [0.2, 0.25) is 0 Å². The van der Waals surface area contributed by atoms with Gasteiger partial charge in [-0.15, -0.1) is 0 Å². The minimum atomic E-state index is -4.71. The molecular weight excluding hydrogens is 511 g/mol. The van der Waals surface area contributed by atoms with Crippen LogP contribution in [0.4, 0.5) is 28.4 Å². The molecule has 1 saturated carbocycles. The molecule has 1 aliphatic heterocycles. The average Bonchev–Trinajstić information content (AvgIpc) is 3.22. The molecule has 5 N–H and O–H groups in total. The molecule has 192 valence electrons. The Hall–Kier alpha value is -2.52. The summed E-state index contributed by atoms with van der Waals surface area (Å²) in [6, 6.07) is -0.902. The Balaban J connectivity index is 1.76. The van der Waals surface area contributed by atoms with Crippen LogP contribution in [0.3, 0.4) is 0 Å². The molecule has 0 saturated heterocycles. The third kappa shape index (κ3) is 5.07. The van der Waals surface area contributed by atoms with Crippen LogP contribution in [0.2, 0.25) is 0 Å². The van der Waals surface area contributed by atoms with Crippen molar-refractivity contribution < 1.29 is 37.2 Å². The molecule has 2 unspecified atom stereocenters. The number of fused-ring (bicyclic) bond motifs is 1. The number of hydrogen-bond acceptors (Lipinski definition) is 7. The lowest BCUT2D eigenvalue weighted by Gasteiger charge is -2.32. The summed E-state index contributed by atoms with van der Waals surface area (Å²) in [5.41, 5.74) is -1.79. The third-order valence-electron chi connectivity index (χ3n) is 5.83. The number of aliphatic hydroxyl groups is 1. The van der Waals surface area contributed by atoms with E-state index in [0.717, 1.165) is 11.1 Å². The molecule has 1 aromatic heterocycles. The van der Waals surface area contributed by atoms with E-state index in [1.165, 1.54) is 13.8 Å². The van der Waals surface area contributed by atoms with E-state index in [9.17, 15) is 32.1 Å². The minimum Gasteiger partial charge on any atom is -0.464 e. The van der Waals surface area contributed by atoms with Gasteiger partial charge in [0.15, 0.2) is 9.92 Å². The van der Waals surface area contributed by atoms with E-state index in [4.69, 9.17) is 9.89 Å². The third-order valence-corrected chi connectivity index (χ3v) is 9.32. The molecule has 4 rings (SSSR count). The molecule has 2 atom stereocenters. The van der Waals surface area contributed by atoms with E-state index >= 15 is 0 Å². The zero-order valence-electron chi connectivity index (χ0n) is 18.7. The largest absolute Gasteiger partial charge is 0.464 e. The van der Waals surface area contributed by atoms with Crippen LogP contribution in [0.15, 0.2) is 10.4 Å². The van der Waals surface area contributed by atoms with Crippen molar-refractivity contribution in [3.63, 3.8) is 0 Å². The number of thioether (sulfide) groups is 1. The Morgan fingerprint density at radius 2 is 1.94 bits per heavy atom.